The van der Waals surface area contributed by atoms with E-state index >= 15 is 0 Å². The lowest BCUT2D eigenvalue weighted by molar-refractivity contribution is 0.597. The summed E-state index contributed by atoms with van der Waals surface area (Å²) in [5.41, 5.74) is 1.16. The van der Waals surface area contributed by atoms with Crippen LogP contribution in [0.2, 0.25) is 0 Å². The van der Waals surface area contributed by atoms with Gasteiger partial charge in [0.05, 0.1) is 0 Å². The first-order valence-corrected chi connectivity index (χ1v) is 5.76. The molecule has 88 valence electrons. The van der Waals surface area contributed by atoms with E-state index in [1.165, 1.54) is 4.88 Å². The SMILES string of the molecule is Cc1cc(CNC(=N)NC(=N)N(C)C)cs1. The topological polar surface area (TPSA) is 75.0 Å². The molecule has 1 heterocycles. The van der Waals surface area contributed by atoms with Crippen LogP contribution in [-0.2, 0) is 6.54 Å². The van der Waals surface area contributed by atoms with Gasteiger partial charge in [0.25, 0.3) is 0 Å². The molecular formula is C10H17N5S. The van der Waals surface area contributed by atoms with Crippen LogP contribution in [0.15, 0.2) is 11.4 Å². The van der Waals surface area contributed by atoms with E-state index < -0.39 is 0 Å². The normalized spacial score (nSPS) is 9.69. The average molecular weight is 239 g/mol. The first kappa shape index (κ1) is 12.5. The van der Waals surface area contributed by atoms with Gasteiger partial charge < -0.3 is 10.2 Å². The van der Waals surface area contributed by atoms with E-state index in [0.29, 0.717) is 6.54 Å². The molecule has 4 N–H and O–H groups in total. The van der Waals surface area contributed by atoms with E-state index in [1.54, 1.807) is 30.3 Å². The molecule has 1 rings (SSSR count). The van der Waals surface area contributed by atoms with Crippen LogP contribution in [0.3, 0.4) is 0 Å². The van der Waals surface area contributed by atoms with Gasteiger partial charge in [-0.1, -0.05) is 0 Å². The molecule has 0 saturated heterocycles. The molecule has 0 unspecified atom stereocenters. The Labute approximate surface area is 99.5 Å². The summed E-state index contributed by atoms with van der Waals surface area (Å²) in [6.45, 7) is 2.66. The van der Waals surface area contributed by atoms with Crippen molar-refractivity contribution >= 4 is 23.3 Å². The Kier molecular flexibility index (Phi) is 4.30. The zero-order valence-corrected chi connectivity index (χ0v) is 10.5. The number of rotatable bonds is 2. The Bertz CT molecular complexity index is 382. The van der Waals surface area contributed by atoms with Gasteiger partial charge in [-0.25, -0.2) is 0 Å². The second-order valence-electron chi connectivity index (χ2n) is 3.66. The highest BCUT2D eigenvalue weighted by Crippen LogP contribution is 2.12. The number of thiophene rings is 1. The molecule has 1 aromatic heterocycles. The number of nitrogens with one attached hydrogen (secondary N) is 4. The van der Waals surface area contributed by atoms with Crippen molar-refractivity contribution in [3.8, 4) is 0 Å². The first-order valence-electron chi connectivity index (χ1n) is 4.88. The van der Waals surface area contributed by atoms with Crippen molar-refractivity contribution in [3.63, 3.8) is 0 Å². The van der Waals surface area contributed by atoms with Crippen molar-refractivity contribution in [3.05, 3.63) is 21.9 Å². The van der Waals surface area contributed by atoms with Crippen molar-refractivity contribution < 1.29 is 0 Å². The molecule has 0 atom stereocenters. The summed E-state index contributed by atoms with van der Waals surface area (Å²) in [7, 11) is 3.51. The standard InChI is InChI=1S/C10H17N5S/c1-7-4-8(6-16-7)5-13-9(11)14-10(12)15(2)3/h4,6H,5H2,1-3H3,(H4,11,12,13,14). The van der Waals surface area contributed by atoms with Crippen LogP contribution < -0.4 is 10.6 Å². The maximum absolute atomic E-state index is 7.58. The van der Waals surface area contributed by atoms with E-state index in [4.69, 9.17) is 10.8 Å². The highest BCUT2D eigenvalue weighted by atomic mass is 32.1. The van der Waals surface area contributed by atoms with Crippen LogP contribution in [0.25, 0.3) is 0 Å². The number of hydrogen-bond acceptors (Lipinski definition) is 3. The number of nitrogens with zero attached hydrogens (tertiary/aromatic N) is 1. The molecule has 0 amide bonds. The van der Waals surface area contributed by atoms with Crippen LogP contribution in [-0.4, -0.2) is 30.9 Å². The van der Waals surface area contributed by atoms with Gasteiger partial charge in [-0.3, -0.25) is 16.1 Å². The van der Waals surface area contributed by atoms with E-state index in [0.717, 1.165) is 5.56 Å². The van der Waals surface area contributed by atoms with Gasteiger partial charge in [-0.2, -0.15) is 0 Å². The highest BCUT2D eigenvalue weighted by molar-refractivity contribution is 7.10. The quantitative estimate of drug-likeness (QED) is 0.462. The van der Waals surface area contributed by atoms with Gasteiger partial charge >= 0.3 is 0 Å². The maximum atomic E-state index is 7.58. The second-order valence-corrected chi connectivity index (χ2v) is 4.78. The Balaban J connectivity index is 2.33. The van der Waals surface area contributed by atoms with E-state index in [2.05, 4.69) is 29.0 Å². The monoisotopic (exact) mass is 239 g/mol. The summed E-state index contributed by atoms with van der Waals surface area (Å²) in [5, 5.41) is 22.7. The van der Waals surface area contributed by atoms with Crippen molar-refractivity contribution in [2.24, 2.45) is 0 Å². The Morgan fingerprint density at radius 2 is 2.12 bits per heavy atom. The summed E-state index contributed by atoms with van der Waals surface area (Å²) in [5.74, 6) is 0.335. The van der Waals surface area contributed by atoms with Crippen molar-refractivity contribution in [1.29, 1.82) is 10.8 Å². The third-order valence-corrected chi connectivity index (χ3v) is 2.85. The molecular weight excluding hydrogens is 222 g/mol. The minimum Gasteiger partial charge on any atom is -0.352 e. The van der Waals surface area contributed by atoms with Crippen molar-refractivity contribution in [2.75, 3.05) is 14.1 Å². The molecule has 0 radical (unpaired) electrons. The largest absolute Gasteiger partial charge is 0.352 e. The average Bonchev–Trinajstić information content (AvgIpc) is 2.61. The van der Waals surface area contributed by atoms with E-state index in [9.17, 15) is 0 Å². The zero-order chi connectivity index (χ0) is 12.1. The molecule has 6 heteroatoms. The number of guanidine groups is 2. The van der Waals surface area contributed by atoms with Gasteiger partial charge in [0.2, 0.25) is 0 Å². The Morgan fingerprint density at radius 1 is 1.44 bits per heavy atom. The van der Waals surface area contributed by atoms with Gasteiger partial charge in [-0.15, -0.1) is 11.3 Å². The third kappa shape index (κ3) is 3.90. The van der Waals surface area contributed by atoms with Gasteiger partial charge in [0.1, 0.15) is 0 Å². The second kappa shape index (κ2) is 5.50. The minimum atomic E-state index is 0.141. The van der Waals surface area contributed by atoms with Crippen LogP contribution >= 0.6 is 11.3 Å². The first-order chi connectivity index (χ1) is 7.49. The van der Waals surface area contributed by atoms with E-state index in [1.807, 2.05) is 0 Å². The molecule has 0 aliphatic rings. The van der Waals surface area contributed by atoms with Gasteiger partial charge in [-0.05, 0) is 23.9 Å². The molecule has 0 spiro atoms. The molecule has 16 heavy (non-hydrogen) atoms. The lowest BCUT2D eigenvalue weighted by Crippen LogP contribution is -2.44. The number of aryl methyl sites for hydroxylation is 1. The lowest BCUT2D eigenvalue weighted by atomic mass is 10.3. The van der Waals surface area contributed by atoms with Gasteiger partial charge in [0, 0.05) is 25.5 Å². The van der Waals surface area contributed by atoms with Crippen LogP contribution in [0.5, 0.6) is 0 Å². The van der Waals surface area contributed by atoms with Crippen molar-refractivity contribution in [2.45, 2.75) is 13.5 Å². The minimum absolute atomic E-state index is 0.141. The predicted molar refractivity (Wildman–Crippen MR) is 68.2 cm³/mol. The predicted octanol–water partition coefficient (Wildman–Crippen LogP) is 1.17. The molecule has 0 fully saturated rings. The maximum Gasteiger partial charge on any atom is 0.197 e. The molecule has 1 aromatic rings. The van der Waals surface area contributed by atoms with Crippen LogP contribution in [0.1, 0.15) is 10.4 Å². The summed E-state index contributed by atoms with van der Waals surface area (Å²) >= 11 is 1.69. The third-order valence-electron chi connectivity index (χ3n) is 1.94. The van der Waals surface area contributed by atoms with Gasteiger partial charge in [0.15, 0.2) is 11.9 Å². The van der Waals surface area contributed by atoms with Crippen molar-refractivity contribution in [1.82, 2.24) is 15.5 Å². The fourth-order valence-corrected chi connectivity index (χ4v) is 1.76. The lowest BCUT2D eigenvalue weighted by Gasteiger charge is -2.16. The summed E-state index contributed by atoms with van der Waals surface area (Å²) in [4.78, 5) is 2.86. The van der Waals surface area contributed by atoms with E-state index in [-0.39, 0.29) is 11.9 Å². The zero-order valence-electron chi connectivity index (χ0n) is 9.72. The van der Waals surface area contributed by atoms with Crippen LogP contribution in [0.4, 0.5) is 0 Å². The molecule has 0 bridgehead atoms. The summed E-state index contributed by atoms with van der Waals surface area (Å²) in [6.07, 6.45) is 0. The molecule has 0 aromatic carbocycles. The molecule has 0 aliphatic carbocycles. The Morgan fingerprint density at radius 3 is 2.62 bits per heavy atom. The summed E-state index contributed by atoms with van der Waals surface area (Å²) in [6, 6.07) is 2.09. The molecule has 5 nitrogen and oxygen atoms in total. The number of hydrogen-bond donors (Lipinski definition) is 4. The fraction of sp³-hybridized carbons (Fsp3) is 0.400. The molecule has 0 saturated carbocycles. The van der Waals surface area contributed by atoms with Crippen LogP contribution in [0, 0.1) is 17.7 Å². The smallest absolute Gasteiger partial charge is 0.197 e. The molecule has 0 aliphatic heterocycles. The Hall–Kier alpha value is -1.56. The highest BCUT2D eigenvalue weighted by Gasteiger charge is 2.02. The fourth-order valence-electron chi connectivity index (χ4n) is 1.06. The summed E-state index contributed by atoms with van der Waals surface area (Å²) < 4.78 is 0.